The van der Waals surface area contributed by atoms with Crippen molar-refractivity contribution >= 4 is 23.0 Å². The summed E-state index contributed by atoms with van der Waals surface area (Å²) in [6, 6.07) is 15.0. The Kier molecular flexibility index (Phi) is 5.27. The van der Waals surface area contributed by atoms with Crippen molar-refractivity contribution in [2.24, 2.45) is 0 Å². The number of rotatable bonds is 6. The van der Waals surface area contributed by atoms with E-state index in [0.717, 1.165) is 35.9 Å². The molecule has 0 aliphatic carbocycles. The lowest BCUT2D eigenvalue weighted by molar-refractivity contribution is 0.475. The van der Waals surface area contributed by atoms with E-state index in [-0.39, 0.29) is 5.75 Å². The molecule has 0 heterocycles. The summed E-state index contributed by atoms with van der Waals surface area (Å²) < 4.78 is 0. The van der Waals surface area contributed by atoms with Gasteiger partial charge in [0.15, 0.2) is 0 Å². The van der Waals surface area contributed by atoms with Crippen LogP contribution in [-0.2, 0) is 0 Å². The van der Waals surface area contributed by atoms with Crippen LogP contribution in [0.15, 0.2) is 48.5 Å². The molecule has 106 valence electrons. The highest BCUT2D eigenvalue weighted by molar-refractivity contribution is 6.30. The number of anilines is 2. The quantitative estimate of drug-likeness (QED) is 0.795. The minimum Gasteiger partial charge on any atom is -0.508 e. The van der Waals surface area contributed by atoms with E-state index in [1.165, 1.54) is 0 Å². The summed E-state index contributed by atoms with van der Waals surface area (Å²) in [5.74, 6) is 0.273. The van der Waals surface area contributed by atoms with Crippen LogP contribution in [0.2, 0.25) is 5.02 Å². The highest BCUT2D eigenvalue weighted by Crippen LogP contribution is 2.28. The molecule has 0 spiro atoms. The molecule has 0 saturated heterocycles. The minimum atomic E-state index is 0.273. The molecule has 0 bridgehead atoms. The first-order valence-corrected chi connectivity index (χ1v) is 7.05. The molecule has 2 N–H and O–H groups in total. The summed E-state index contributed by atoms with van der Waals surface area (Å²) in [5, 5.41) is 13.3. The molecular weight excluding hydrogens is 272 g/mol. The zero-order valence-corrected chi connectivity index (χ0v) is 12.3. The number of hydrogen-bond acceptors (Lipinski definition) is 3. The van der Waals surface area contributed by atoms with Crippen molar-refractivity contribution in [2.45, 2.75) is 6.42 Å². The normalized spacial score (nSPS) is 10.5. The van der Waals surface area contributed by atoms with Gasteiger partial charge in [0.2, 0.25) is 0 Å². The Labute approximate surface area is 124 Å². The summed E-state index contributed by atoms with van der Waals surface area (Å²) >= 11 is 6.08. The van der Waals surface area contributed by atoms with Crippen LogP contribution in [-0.4, -0.2) is 25.2 Å². The van der Waals surface area contributed by atoms with Gasteiger partial charge < -0.3 is 15.3 Å². The van der Waals surface area contributed by atoms with Crippen molar-refractivity contribution in [3.05, 3.63) is 53.6 Å². The van der Waals surface area contributed by atoms with Crippen molar-refractivity contribution < 1.29 is 5.11 Å². The maximum absolute atomic E-state index is 9.42. The Morgan fingerprint density at radius 1 is 1.10 bits per heavy atom. The van der Waals surface area contributed by atoms with Crippen molar-refractivity contribution in [1.29, 1.82) is 0 Å². The smallest absolute Gasteiger partial charge is 0.115 e. The van der Waals surface area contributed by atoms with Gasteiger partial charge in [-0.3, -0.25) is 0 Å². The third-order valence-corrected chi connectivity index (χ3v) is 3.32. The molecule has 0 aliphatic heterocycles. The maximum atomic E-state index is 9.42. The molecule has 0 atom stereocenters. The fraction of sp³-hybridized carbons (Fsp3) is 0.250. The number of phenols is 1. The second-order valence-corrected chi connectivity index (χ2v) is 5.04. The van der Waals surface area contributed by atoms with Gasteiger partial charge in [-0.1, -0.05) is 17.7 Å². The number of halogens is 1. The predicted molar refractivity (Wildman–Crippen MR) is 85.1 cm³/mol. The lowest BCUT2D eigenvalue weighted by Gasteiger charge is -2.25. The SMILES string of the molecule is CNCCCN(c1ccc(O)cc1)c1cccc(Cl)c1. The lowest BCUT2D eigenvalue weighted by Crippen LogP contribution is -2.22. The Morgan fingerprint density at radius 2 is 1.85 bits per heavy atom. The molecule has 0 saturated carbocycles. The Bertz CT molecular complexity index is 542. The van der Waals surface area contributed by atoms with Gasteiger partial charge in [0.05, 0.1) is 0 Å². The van der Waals surface area contributed by atoms with E-state index in [2.05, 4.69) is 10.2 Å². The maximum Gasteiger partial charge on any atom is 0.115 e. The molecule has 0 unspecified atom stereocenters. The zero-order valence-electron chi connectivity index (χ0n) is 11.5. The van der Waals surface area contributed by atoms with Gasteiger partial charge >= 0.3 is 0 Å². The van der Waals surface area contributed by atoms with E-state index < -0.39 is 0 Å². The van der Waals surface area contributed by atoms with E-state index >= 15 is 0 Å². The summed E-state index contributed by atoms with van der Waals surface area (Å²) in [5.41, 5.74) is 2.10. The van der Waals surface area contributed by atoms with Crippen molar-refractivity contribution in [3.8, 4) is 5.75 Å². The fourth-order valence-electron chi connectivity index (χ4n) is 2.10. The highest BCUT2D eigenvalue weighted by Gasteiger charge is 2.09. The van der Waals surface area contributed by atoms with Crippen LogP contribution in [0, 0.1) is 0 Å². The molecule has 0 aromatic heterocycles. The van der Waals surface area contributed by atoms with Gasteiger partial charge in [0.1, 0.15) is 5.75 Å². The summed E-state index contributed by atoms with van der Waals surface area (Å²) in [4.78, 5) is 2.20. The van der Waals surface area contributed by atoms with E-state index in [1.54, 1.807) is 12.1 Å². The van der Waals surface area contributed by atoms with Gasteiger partial charge in [0.25, 0.3) is 0 Å². The van der Waals surface area contributed by atoms with Crippen LogP contribution in [0.25, 0.3) is 0 Å². The van der Waals surface area contributed by atoms with Crippen molar-refractivity contribution in [2.75, 3.05) is 25.0 Å². The average Bonchev–Trinajstić information content (AvgIpc) is 2.45. The second-order valence-electron chi connectivity index (χ2n) is 4.61. The zero-order chi connectivity index (χ0) is 14.4. The standard InChI is InChI=1S/C16H19ClN2O/c1-18-10-3-11-19(14-6-8-16(20)9-7-14)15-5-2-4-13(17)12-15/h2,4-9,12,18,20H,3,10-11H2,1H3. The molecule has 0 amide bonds. The molecule has 2 aromatic carbocycles. The van der Waals surface area contributed by atoms with E-state index in [4.69, 9.17) is 11.6 Å². The van der Waals surface area contributed by atoms with E-state index in [1.807, 2.05) is 43.4 Å². The van der Waals surface area contributed by atoms with Crippen LogP contribution in [0.1, 0.15) is 6.42 Å². The third-order valence-electron chi connectivity index (χ3n) is 3.09. The first-order chi connectivity index (χ1) is 9.70. The summed E-state index contributed by atoms with van der Waals surface area (Å²) in [6.07, 6.45) is 1.02. The molecule has 4 heteroatoms. The van der Waals surface area contributed by atoms with Gasteiger partial charge in [-0.2, -0.15) is 0 Å². The Balaban J connectivity index is 2.26. The van der Waals surface area contributed by atoms with Crippen LogP contribution in [0.4, 0.5) is 11.4 Å². The summed E-state index contributed by atoms with van der Waals surface area (Å²) in [6.45, 7) is 1.83. The van der Waals surface area contributed by atoms with E-state index in [0.29, 0.717) is 0 Å². The Morgan fingerprint density at radius 3 is 2.50 bits per heavy atom. The van der Waals surface area contributed by atoms with Gasteiger partial charge in [-0.15, -0.1) is 0 Å². The van der Waals surface area contributed by atoms with Crippen LogP contribution in [0.3, 0.4) is 0 Å². The first kappa shape index (κ1) is 14.7. The van der Waals surface area contributed by atoms with Crippen LogP contribution >= 0.6 is 11.6 Å². The van der Waals surface area contributed by atoms with Gasteiger partial charge in [-0.25, -0.2) is 0 Å². The molecule has 3 nitrogen and oxygen atoms in total. The van der Waals surface area contributed by atoms with Crippen LogP contribution < -0.4 is 10.2 Å². The lowest BCUT2D eigenvalue weighted by atomic mass is 10.2. The van der Waals surface area contributed by atoms with Crippen molar-refractivity contribution in [1.82, 2.24) is 5.32 Å². The topological polar surface area (TPSA) is 35.5 Å². The fourth-order valence-corrected chi connectivity index (χ4v) is 2.28. The number of nitrogens with one attached hydrogen (secondary N) is 1. The van der Waals surface area contributed by atoms with E-state index in [9.17, 15) is 5.11 Å². The summed E-state index contributed by atoms with van der Waals surface area (Å²) in [7, 11) is 1.95. The molecule has 2 rings (SSSR count). The third kappa shape index (κ3) is 3.89. The van der Waals surface area contributed by atoms with Gasteiger partial charge in [0, 0.05) is 22.9 Å². The van der Waals surface area contributed by atoms with Crippen LogP contribution in [0.5, 0.6) is 5.75 Å². The number of aromatic hydroxyl groups is 1. The minimum absolute atomic E-state index is 0.273. The molecule has 0 fully saturated rings. The first-order valence-electron chi connectivity index (χ1n) is 6.67. The molecule has 0 radical (unpaired) electrons. The molecular formula is C16H19ClN2O. The number of benzene rings is 2. The largest absolute Gasteiger partial charge is 0.508 e. The average molecular weight is 291 g/mol. The predicted octanol–water partition coefficient (Wildman–Crippen LogP) is 3.79. The Hall–Kier alpha value is -1.71. The number of hydrogen-bond donors (Lipinski definition) is 2. The van der Waals surface area contributed by atoms with Crippen molar-refractivity contribution in [3.63, 3.8) is 0 Å². The molecule has 0 aliphatic rings. The number of nitrogens with zero attached hydrogens (tertiary/aromatic N) is 1. The van der Waals surface area contributed by atoms with Gasteiger partial charge in [-0.05, 0) is 62.5 Å². The molecule has 2 aromatic rings. The number of phenolic OH excluding ortho intramolecular Hbond substituents is 1. The molecule has 20 heavy (non-hydrogen) atoms. The second kappa shape index (κ2) is 7.17. The monoisotopic (exact) mass is 290 g/mol. The highest BCUT2D eigenvalue weighted by atomic mass is 35.5.